The van der Waals surface area contributed by atoms with Crippen LogP contribution in [0.25, 0.3) is 0 Å². The Kier molecular flexibility index (Phi) is 4.40. The lowest BCUT2D eigenvalue weighted by Gasteiger charge is -2.00. The molecule has 6 nitrogen and oxygen atoms in total. The Balaban J connectivity index is 2.06. The number of hydrogen-bond donors (Lipinski definition) is 0. The van der Waals surface area contributed by atoms with E-state index in [-0.39, 0.29) is 12.4 Å². The van der Waals surface area contributed by atoms with Crippen LogP contribution >= 0.6 is 12.2 Å². The fraction of sp³-hybridized carbons (Fsp3) is 0.333. The highest BCUT2D eigenvalue weighted by Gasteiger charge is 2.06. The van der Waals surface area contributed by atoms with Gasteiger partial charge in [-0.3, -0.25) is 4.79 Å². The monoisotopic (exact) mass is 278 g/mol. The molecular formula is C12H14N4O2S. The molecule has 0 aliphatic heterocycles. The zero-order chi connectivity index (χ0) is 13.7. The molecule has 7 heteroatoms. The van der Waals surface area contributed by atoms with Crippen molar-refractivity contribution in [3.05, 3.63) is 40.7 Å². The number of esters is 1. The van der Waals surface area contributed by atoms with Crippen molar-refractivity contribution in [1.29, 1.82) is 0 Å². The number of rotatable bonds is 5. The average Bonchev–Trinajstić information content (AvgIpc) is 2.78. The van der Waals surface area contributed by atoms with E-state index in [1.807, 2.05) is 30.3 Å². The lowest BCUT2D eigenvalue weighted by Crippen LogP contribution is -2.09. The van der Waals surface area contributed by atoms with Gasteiger partial charge >= 0.3 is 5.97 Å². The van der Waals surface area contributed by atoms with Crippen LogP contribution in [0, 0.1) is 4.77 Å². The first kappa shape index (κ1) is 13.4. The van der Waals surface area contributed by atoms with Crippen LogP contribution in [0.1, 0.15) is 12.0 Å². The minimum absolute atomic E-state index is 0.231. The third kappa shape index (κ3) is 3.47. The van der Waals surface area contributed by atoms with Gasteiger partial charge in [0.15, 0.2) is 0 Å². The smallest absolute Gasteiger partial charge is 0.307 e. The Morgan fingerprint density at radius 2 is 1.95 bits per heavy atom. The molecule has 19 heavy (non-hydrogen) atoms. The number of aryl methyl sites for hydroxylation is 1. The van der Waals surface area contributed by atoms with Crippen LogP contribution in [0.3, 0.4) is 0 Å². The average molecular weight is 278 g/mol. The van der Waals surface area contributed by atoms with Crippen LogP contribution in [-0.2, 0) is 22.6 Å². The molecule has 0 saturated carbocycles. The zero-order valence-corrected chi connectivity index (χ0v) is 11.3. The number of aromatic nitrogens is 4. The zero-order valence-electron chi connectivity index (χ0n) is 10.5. The highest BCUT2D eigenvalue weighted by molar-refractivity contribution is 7.71. The van der Waals surface area contributed by atoms with E-state index < -0.39 is 0 Å². The number of carbonyl (C=O) groups excluding carboxylic acids is 1. The topological polar surface area (TPSA) is 61.9 Å². The molecule has 0 unspecified atom stereocenters. The molecule has 2 rings (SSSR count). The molecule has 0 aliphatic rings. The quantitative estimate of drug-likeness (QED) is 0.611. The summed E-state index contributed by atoms with van der Waals surface area (Å²) in [5.41, 5.74) is 1.10. The minimum Gasteiger partial charge on any atom is -0.469 e. The molecule has 1 heterocycles. The van der Waals surface area contributed by atoms with Gasteiger partial charge in [-0.25, -0.2) is 9.36 Å². The van der Waals surface area contributed by atoms with Crippen LogP contribution in [0.15, 0.2) is 30.3 Å². The van der Waals surface area contributed by atoms with Crippen LogP contribution in [0.2, 0.25) is 0 Å². The van der Waals surface area contributed by atoms with Gasteiger partial charge in [0, 0.05) is 0 Å². The molecule has 0 atom stereocenters. The van der Waals surface area contributed by atoms with Gasteiger partial charge in [0.25, 0.3) is 0 Å². The maximum atomic E-state index is 11.1. The van der Waals surface area contributed by atoms with E-state index in [2.05, 4.69) is 15.2 Å². The number of nitrogens with zero attached hydrogens (tertiary/aromatic N) is 4. The highest BCUT2D eigenvalue weighted by atomic mass is 32.1. The molecule has 0 fully saturated rings. The standard InChI is InChI=1S/C12H14N4O2S/c1-18-11(17)7-8-15-12(19)16(14-13-15)9-10-5-3-2-4-6-10/h2-6H,7-9H2,1H3. The van der Waals surface area contributed by atoms with Gasteiger partial charge in [-0.2, -0.15) is 0 Å². The first-order valence-corrected chi connectivity index (χ1v) is 6.23. The van der Waals surface area contributed by atoms with Crippen molar-refractivity contribution in [2.24, 2.45) is 0 Å². The summed E-state index contributed by atoms with van der Waals surface area (Å²) >= 11 is 5.26. The van der Waals surface area contributed by atoms with Crippen molar-refractivity contribution < 1.29 is 9.53 Å². The molecule has 100 valence electrons. The number of carbonyl (C=O) groups is 1. The fourth-order valence-electron chi connectivity index (χ4n) is 1.60. The van der Waals surface area contributed by atoms with Crippen molar-refractivity contribution in [3.63, 3.8) is 0 Å². The summed E-state index contributed by atoms with van der Waals surface area (Å²) < 4.78 is 8.22. The number of ether oxygens (including phenoxy) is 1. The molecule has 0 aliphatic carbocycles. The first-order chi connectivity index (χ1) is 9.20. The minimum atomic E-state index is -0.292. The number of methoxy groups -OCH3 is 1. The van der Waals surface area contributed by atoms with Gasteiger partial charge in [0.1, 0.15) is 0 Å². The normalized spacial score (nSPS) is 10.4. The lowest BCUT2D eigenvalue weighted by atomic mass is 10.2. The number of hydrogen-bond acceptors (Lipinski definition) is 5. The van der Waals surface area contributed by atoms with E-state index in [1.165, 1.54) is 11.8 Å². The van der Waals surface area contributed by atoms with E-state index in [0.717, 1.165) is 5.56 Å². The third-order valence-electron chi connectivity index (χ3n) is 2.63. The maximum Gasteiger partial charge on any atom is 0.307 e. The van der Waals surface area contributed by atoms with Crippen molar-refractivity contribution in [1.82, 2.24) is 19.8 Å². The molecule has 2 aromatic rings. The summed E-state index contributed by atoms with van der Waals surface area (Å²) in [5, 5.41) is 7.92. The van der Waals surface area contributed by atoms with E-state index in [4.69, 9.17) is 12.2 Å². The van der Waals surface area contributed by atoms with Gasteiger partial charge in [0.05, 0.1) is 26.6 Å². The van der Waals surface area contributed by atoms with Crippen molar-refractivity contribution in [2.45, 2.75) is 19.5 Å². The Morgan fingerprint density at radius 3 is 2.63 bits per heavy atom. The third-order valence-corrected chi connectivity index (χ3v) is 3.05. The second kappa shape index (κ2) is 6.24. The molecule has 0 bridgehead atoms. The van der Waals surface area contributed by atoms with Crippen LogP contribution < -0.4 is 0 Å². The predicted molar refractivity (Wildman–Crippen MR) is 71.0 cm³/mol. The molecule has 1 aromatic heterocycles. The number of tetrazole rings is 1. The summed E-state index contributed by atoms with van der Waals surface area (Å²) in [6.45, 7) is 0.943. The molecular weight excluding hydrogens is 264 g/mol. The Labute approximate surface area is 115 Å². The summed E-state index contributed by atoms with van der Waals surface area (Å²) in [6.07, 6.45) is 0.231. The first-order valence-electron chi connectivity index (χ1n) is 5.82. The molecule has 1 aromatic carbocycles. The molecule has 0 spiro atoms. The van der Waals surface area contributed by atoms with Crippen molar-refractivity contribution in [2.75, 3.05) is 7.11 Å². The Hall–Kier alpha value is -2.02. The van der Waals surface area contributed by atoms with Gasteiger partial charge in [0.2, 0.25) is 4.77 Å². The number of benzene rings is 1. The second-order valence-corrected chi connectivity index (χ2v) is 4.32. The summed E-state index contributed by atoms with van der Waals surface area (Å²) in [5.74, 6) is -0.292. The van der Waals surface area contributed by atoms with E-state index in [1.54, 1.807) is 4.68 Å². The van der Waals surface area contributed by atoms with E-state index in [0.29, 0.717) is 17.9 Å². The predicted octanol–water partition coefficient (Wildman–Crippen LogP) is 1.42. The van der Waals surface area contributed by atoms with E-state index >= 15 is 0 Å². The van der Waals surface area contributed by atoms with Crippen molar-refractivity contribution in [3.8, 4) is 0 Å². The van der Waals surface area contributed by atoms with Crippen LogP contribution in [-0.4, -0.2) is 32.9 Å². The Bertz CT molecular complexity index is 606. The summed E-state index contributed by atoms with van der Waals surface area (Å²) in [7, 11) is 1.36. The maximum absolute atomic E-state index is 11.1. The fourth-order valence-corrected chi connectivity index (χ4v) is 1.83. The van der Waals surface area contributed by atoms with Crippen LogP contribution in [0.5, 0.6) is 0 Å². The van der Waals surface area contributed by atoms with E-state index in [9.17, 15) is 4.79 Å². The van der Waals surface area contributed by atoms with Gasteiger partial charge < -0.3 is 4.74 Å². The summed E-state index contributed by atoms with van der Waals surface area (Å²) in [4.78, 5) is 11.1. The molecule has 0 N–H and O–H groups in total. The highest BCUT2D eigenvalue weighted by Crippen LogP contribution is 2.02. The van der Waals surface area contributed by atoms with Crippen LogP contribution in [0.4, 0.5) is 0 Å². The molecule has 0 saturated heterocycles. The molecule has 0 amide bonds. The largest absolute Gasteiger partial charge is 0.469 e. The Morgan fingerprint density at radius 1 is 1.26 bits per heavy atom. The van der Waals surface area contributed by atoms with Gasteiger partial charge in [-0.05, 0) is 28.2 Å². The molecule has 0 radical (unpaired) electrons. The second-order valence-electron chi connectivity index (χ2n) is 3.95. The SMILES string of the molecule is COC(=O)CCn1nnn(Cc2ccccc2)c1=S. The summed E-state index contributed by atoms with van der Waals surface area (Å²) in [6, 6.07) is 9.86. The van der Waals surface area contributed by atoms with Gasteiger partial charge in [-0.15, -0.1) is 0 Å². The van der Waals surface area contributed by atoms with Gasteiger partial charge in [-0.1, -0.05) is 30.3 Å². The van der Waals surface area contributed by atoms with Crippen molar-refractivity contribution >= 4 is 18.2 Å². The lowest BCUT2D eigenvalue weighted by molar-refractivity contribution is -0.140.